The molecule has 2 heterocycles. The molecule has 1 unspecified atom stereocenters. The molecule has 1 saturated heterocycles. The SMILES string of the molecule is O=C(O)CC1C(=O)NCCN1Cc1cc(Br)c(Cl)s1. The molecule has 0 radical (unpaired) electrons. The first-order chi connectivity index (χ1) is 8.97. The van der Waals surface area contributed by atoms with Crippen LogP contribution in [-0.4, -0.2) is 41.0 Å². The number of carbonyl (C=O) groups is 2. The average molecular weight is 368 g/mol. The van der Waals surface area contributed by atoms with E-state index >= 15 is 0 Å². The summed E-state index contributed by atoms with van der Waals surface area (Å²) >= 11 is 10.7. The van der Waals surface area contributed by atoms with Gasteiger partial charge in [-0.3, -0.25) is 14.5 Å². The van der Waals surface area contributed by atoms with Crippen molar-refractivity contribution < 1.29 is 14.7 Å². The summed E-state index contributed by atoms with van der Waals surface area (Å²) in [5.41, 5.74) is 0. The molecule has 1 aromatic heterocycles. The van der Waals surface area contributed by atoms with Gasteiger partial charge < -0.3 is 10.4 Å². The van der Waals surface area contributed by atoms with E-state index in [1.165, 1.54) is 11.3 Å². The van der Waals surface area contributed by atoms with Crippen molar-refractivity contribution in [3.63, 3.8) is 0 Å². The first-order valence-corrected chi connectivity index (χ1v) is 7.63. The number of piperazine rings is 1. The summed E-state index contributed by atoms with van der Waals surface area (Å²) < 4.78 is 1.48. The van der Waals surface area contributed by atoms with Crippen molar-refractivity contribution >= 4 is 50.7 Å². The molecule has 0 bridgehead atoms. The van der Waals surface area contributed by atoms with Gasteiger partial charge in [0.2, 0.25) is 5.91 Å². The van der Waals surface area contributed by atoms with Gasteiger partial charge in [0.1, 0.15) is 10.4 Å². The fourth-order valence-corrected chi connectivity index (χ4v) is 3.82. The van der Waals surface area contributed by atoms with E-state index in [9.17, 15) is 9.59 Å². The number of hydrogen-bond acceptors (Lipinski definition) is 4. The highest BCUT2D eigenvalue weighted by Gasteiger charge is 2.31. The number of rotatable bonds is 4. The van der Waals surface area contributed by atoms with Crippen LogP contribution in [0.3, 0.4) is 0 Å². The number of nitrogens with one attached hydrogen (secondary N) is 1. The maximum absolute atomic E-state index is 11.8. The van der Waals surface area contributed by atoms with Crippen molar-refractivity contribution in [1.82, 2.24) is 10.2 Å². The van der Waals surface area contributed by atoms with Crippen LogP contribution in [0.25, 0.3) is 0 Å². The lowest BCUT2D eigenvalue weighted by Gasteiger charge is -2.33. The number of carboxylic acid groups (broad SMARTS) is 1. The lowest BCUT2D eigenvalue weighted by molar-refractivity contribution is -0.143. The quantitative estimate of drug-likeness (QED) is 0.853. The first kappa shape index (κ1) is 14.8. The maximum Gasteiger partial charge on any atom is 0.305 e. The summed E-state index contributed by atoms with van der Waals surface area (Å²) in [6, 6.07) is 1.28. The van der Waals surface area contributed by atoms with Crippen LogP contribution >= 0.6 is 38.9 Å². The molecule has 2 N–H and O–H groups in total. The second-order valence-corrected chi connectivity index (χ2v) is 6.80. The Kier molecular flexibility index (Phi) is 4.83. The Hall–Kier alpha value is -0.630. The summed E-state index contributed by atoms with van der Waals surface area (Å²) in [6.07, 6.45) is -0.188. The summed E-state index contributed by atoms with van der Waals surface area (Å²) in [5.74, 6) is -1.20. The van der Waals surface area contributed by atoms with Crippen LogP contribution in [0.5, 0.6) is 0 Å². The topological polar surface area (TPSA) is 69.6 Å². The number of carboxylic acids is 1. The molecular weight excluding hydrogens is 356 g/mol. The normalized spacial score (nSPS) is 20.3. The smallest absolute Gasteiger partial charge is 0.305 e. The second-order valence-electron chi connectivity index (χ2n) is 4.21. The molecule has 1 aromatic rings. The first-order valence-electron chi connectivity index (χ1n) is 5.64. The van der Waals surface area contributed by atoms with Gasteiger partial charge in [-0.15, -0.1) is 11.3 Å². The number of nitrogens with zero attached hydrogens (tertiary/aromatic N) is 1. The van der Waals surface area contributed by atoms with E-state index in [-0.39, 0.29) is 12.3 Å². The van der Waals surface area contributed by atoms with E-state index in [1.807, 2.05) is 11.0 Å². The zero-order valence-electron chi connectivity index (χ0n) is 9.86. The third kappa shape index (κ3) is 3.68. The lowest BCUT2D eigenvalue weighted by Crippen LogP contribution is -2.55. The Labute approximate surface area is 127 Å². The second kappa shape index (κ2) is 6.21. The van der Waals surface area contributed by atoms with Gasteiger partial charge in [-0.05, 0) is 22.0 Å². The van der Waals surface area contributed by atoms with Crippen LogP contribution in [0.4, 0.5) is 0 Å². The standard InChI is InChI=1S/C11H12BrClN2O3S/c12-7-3-6(19-10(7)13)5-15-2-1-14-11(18)8(15)4-9(16)17/h3,8H,1-2,4-5H2,(H,14,18)(H,16,17). The maximum atomic E-state index is 11.8. The Morgan fingerprint density at radius 2 is 2.42 bits per heavy atom. The molecule has 0 saturated carbocycles. The number of amides is 1. The third-order valence-corrected chi connectivity index (χ3v) is 5.32. The molecule has 1 fully saturated rings. The van der Waals surface area contributed by atoms with E-state index in [0.717, 1.165) is 9.35 Å². The summed E-state index contributed by atoms with van der Waals surface area (Å²) in [5, 5.41) is 11.6. The van der Waals surface area contributed by atoms with Crippen LogP contribution < -0.4 is 5.32 Å². The number of hydrogen-bond donors (Lipinski definition) is 2. The monoisotopic (exact) mass is 366 g/mol. The summed E-state index contributed by atoms with van der Waals surface area (Å²) in [7, 11) is 0. The molecule has 0 aromatic carbocycles. The zero-order chi connectivity index (χ0) is 14.0. The van der Waals surface area contributed by atoms with Gasteiger partial charge in [-0.25, -0.2) is 0 Å². The minimum absolute atomic E-state index is 0.188. The molecule has 104 valence electrons. The van der Waals surface area contributed by atoms with E-state index in [2.05, 4.69) is 21.2 Å². The number of halogens is 2. The van der Waals surface area contributed by atoms with Gasteiger partial charge >= 0.3 is 5.97 Å². The van der Waals surface area contributed by atoms with Crippen molar-refractivity contribution in [3.05, 3.63) is 19.8 Å². The van der Waals surface area contributed by atoms with Crippen molar-refractivity contribution in [1.29, 1.82) is 0 Å². The molecule has 0 aliphatic carbocycles. The van der Waals surface area contributed by atoms with Gasteiger partial charge in [-0.2, -0.15) is 0 Å². The molecular formula is C11H12BrClN2O3S. The molecule has 1 atom stereocenters. The van der Waals surface area contributed by atoms with E-state index in [1.54, 1.807) is 0 Å². The fourth-order valence-electron chi connectivity index (χ4n) is 2.01. The highest BCUT2D eigenvalue weighted by Crippen LogP contribution is 2.33. The molecule has 2 rings (SSSR count). The number of aliphatic carboxylic acids is 1. The Morgan fingerprint density at radius 3 is 3.00 bits per heavy atom. The number of carbonyl (C=O) groups excluding carboxylic acids is 1. The molecule has 1 amide bonds. The number of thiophene rings is 1. The molecule has 1 aliphatic rings. The van der Waals surface area contributed by atoms with Crippen molar-refractivity contribution in [2.75, 3.05) is 13.1 Å². The van der Waals surface area contributed by atoms with Crippen LogP contribution in [-0.2, 0) is 16.1 Å². The van der Waals surface area contributed by atoms with Gasteiger partial charge in [0.15, 0.2) is 0 Å². The van der Waals surface area contributed by atoms with Gasteiger partial charge in [0.05, 0.1) is 6.42 Å². The zero-order valence-corrected chi connectivity index (χ0v) is 13.0. The van der Waals surface area contributed by atoms with Gasteiger partial charge in [-0.1, -0.05) is 11.6 Å². The molecule has 1 aliphatic heterocycles. The van der Waals surface area contributed by atoms with Crippen molar-refractivity contribution in [2.24, 2.45) is 0 Å². The van der Waals surface area contributed by atoms with E-state index in [4.69, 9.17) is 16.7 Å². The lowest BCUT2D eigenvalue weighted by atomic mass is 10.1. The minimum Gasteiger partial charge on any atom is -0.481 e. The Bertz CT molecular complexity index is 489. The fraction of sp³-hybridized carbons (Fsp3) is 0.455. The van der Waals surface area contributed by atoms with Gasteiger partial charge in [0, 0.05) is 29.0 Å². The average Bonchev–Trinajstić information content (AvgIpc) is 2.62. The molecule has 8 heteroatoms. The van der Waals surface area contributed by atoms with Crippen LogP contribution in [0, 0.1) is 0 Å². The Balaban J connectivity index is 2.11. The van der Waals surface area contributed by atoms with Crippen LogP contribution in [0.15, 0.2) is 10.5 Å². The summed E-state index contributed by atoms with van der Waals surface area (Å²) in [6.45, 7) is 1.70. The highest BCUT2D eigenvalue weighted by atomic mass is 79.9. The largest absolute Gasteiger partial charge is 0.481 e. The van der Waals surface area contributed by atoms with Crippen molar-refractivity contribution in [3.8, 4) is 0 Å². The Morgan fingerprint density at radius 1 is 1.68 bits per heavy atom. The third-order valence-electron chi connectivity index (χ3n) is 2.86. The predicted molar refractivity (Wildman–Crippen MR) is 76.5 cm³/mol. The van der Waals surface area contributed by atoms with Crippen LogP contribution in [0.1, 0.15) is 11.3 Å². The van der Waals surface area contributed by atoms with E-state index < -0.39 is 12.0 Å². The molecule has 19 heavy (non-hydrogen) atoms. The van der Waals surface area contributed by atoms with Crippen LogP contribution in [0.2, 0.25) is 4.34 Å². The highest BCUT2D eigenvalue weighted by molar-refractivity contribution is 9.10. The van der Waals surface area contributed by atoms with Crippen molar-refractivity contribution in [2.45, 2.75) is 19.0 Å². The van der Waals surface area contributed by atoms with Gasteiger partial charge in [0.25, 0.3) is 0 Å². The molecule has 5 nitrogen and oxygen atoms in total. The minimum atomic E-state index is -0.975. The predicted octanol–water partition coefficient (Wildman–Crippen LogP) is 1.94. The molecule has 0 spiro atoms. The summed E-state index contributed by atoms with van der Waals surface area (Å²) in [4.78, 5) is 25.5. The van der Waals surface area contributed by atoms with E-state index in [0.29, 0.717) is 24.0 Å².